The Morgan fingerprint density at radius 1 is 1.21 bits per heavy atom. The highest BCUT2D eigenvalue weighted by Gasteiger charge is 2.31. The zero-order valence-corrected chi connectivity index (χ0v) is 16.0. The van der Waals surface area contributed by atoms with Gasteiger partial charge in [-0.1, -0.05) is 23.5 Å². The molecular formula is C20H17F4N3OS. The number of para-hydroxylation sites is 1. The Morgan fingerprint density at radius 3 is 2.76 bits per heavy atom. The third-order valence-electron chi connectivity index (χ3n) is 4.88. The molecule has 1 atom stereocenters. The Labute approximate surface area is 168 Å². The summed E-state index contributed by atoms with van der Waals surface area (Å²) in [5.74, 6) is -1.11. The van der Waals surface area contributed by atoms with Crippen LogP contribution in [0.5, 0.6) is 0 Å². The number of rotatable bonds is 3. The maximum Gasteiger partial charge on any atom is 0.416 e. The van der Waals surface area contributed by atoms with Gasteiger partial charge in [-0.3, -0.25) is 4.79 Å². The van der Waals surface area contributed by atoms with Crippen molar-refractivity contribution in [1.29, 1.82) is 0 Å². The number of halogens is 4. The maximum absolute atomic E-state index is 13.9. The van der Waals surface area contributed by atoms with E-state index in [2.05, 4.69) is 10.3 Å². The standard InChI is InChI=1S/C20H17F4N3OS/c21-15-7-2-8-16-17(15)26-19(29-16)27-9-3-4-12(11-27)18(28)25-14-6-1-5-13(10-14)20(22,23)24/h1-2,5-8,10,12H,3-4,9,11H2,(H,25,28). The SMILES string of the molecule is O=C(Nc1cccc(C(F)(F)F)c1)C1CCCN(c2nc3c(F)cccc3s2)C1. The summed E-state index contributed by atoms with van der Waals surface area (Å²) in [6.07, 6.45) is -3.11. The number of amides is 1. The van der Waals surface area contributed by atoms with Gasteiger partial charge in [0, 0.05) is 18.8 Å². The molecule has 1 unspecified atom stereocenters. The molecule has 9 heteroatoms. The van der Waals surface area contributed by atoms with Gasteiger partial charge in [0.15, 0.2) is 5.13 Å². The second-order valence-electron chi connectivity index (χ2n) is 6.94. The van der Waals surface area contributed by atoms with Gasteiger partial charge in [-0.05, 0) is 43.2 Å². The summed E-state index contributed by atoms with van der Waals surface area (Å²) in [5, 5.41) is 3.23. The first-order chi connectivity index (χ1) is 13.8. The molecule has 1 N–H and O–H groups in total. The zero-order valence-electron chi connectivity index (χ0n) is 15.2. The lowest BCUT2D eigenvalue weighted by atomic mass is 9.97. The molecule has 1 amide bonds. The molecule has 4 nitrogen and oxygen atoms in total. The number of aromatic nitrogens is 1. The van der Waals surface area contributed by atoms with E-state index in [4.69, 9.17) is 0 Å². The topological polar surface area (TPSA) is 45.2 Å². The minimum Gasteiger partial charge on any atom is -0.347 e. The summed E-state index contributed by atoms with van der Waals surface area (Å²) >= 11 is 1.36. The predicted octanol–water partition coefficient (Wildman–Crippen LogP) is 5.31. The lowest BCUT2D eigenvalue weighted by Gasteiger charge is -2.31. The van der Waals surface area contributed by atoms with Crippen molar-refractivity contribution in [2.75, 3.05) is 23.3 Å². The highest BCUT2D eigenvalue weighted by molar-refractivity contribution is 7.22. The molecule has 1 aliphatic rings. The van der Waals surface area contributed by atoms with E-state index in [9.17, 15) is 22.4 Å². The molecule has 2 aromatic carbocycles. The van der Waals surface area contributed by atoms with Gasteiger partial charge in [0.2, 0.25) is 5.91 Å². The molecule has 0 bridgehead atoms. The van der Waals surface area contributed by atoms with Crippen LogP contribution in [0.4, 0.5) is 28.4 Å². The van der Waals surface area contributed by atoms with E-state index in [1.807, 2.05) is 4.90 Å². The van der Waals surface area contributed by atoms with Crippen molar-refractivity contribution in [1.82, 2.24) is 4.98 Å². The monoisotopic (exact) mass is 423 g/mol. The maximum atomic E-state index is 13.9. The summed E-state index contributed by atoms with van der Waals surface area (Å²) in [6.45, 7) is 1.07. The van der Waals surface area contributed by atoms with Crippen molar-refractivity contribution in [3.63, 3.8) is 0 Å². The molecule has 3 aromatic rings. The Hall–Kier alpha value is -2.68. The average Bonchev–Trinajstić information content (AvgIpc) is 3.13. The Balaban J connectivity index is 1.48. The van der Waals surface area contributed by atoms with Gasteiger partial charge in [0.05, 0.1) is 16.2 Å². The third kappa shape index (κ3) is 4.19. The number of hydrogen-bond donors (Lipinski definition) is 1. The van der Waals surface area contributed by atoms with Gasteiger partial charge in [-0.15, -0.1) is 0 Å². The van der Waals surface area contributed by atoms with Crippen LogP contribution in [0.2, 0.25) is 0 Å². The molecule has 0 radical (unpaired) electrons. The van der Waals surface area contributed by atoms with Gasteiger partial charge in [0.1, 0.15) is 11.3 Å². The van der Waals surface area contributed by atoms with Gasteiger partial charge in [-0.25, -0.2) is 9.37 Å². The molecule has 0 aliphatic carbocycles. The number of benzene rings is 2. The Bertz CT molecular complexity index is 1050. The molecule has 0 spiro atoms. The van der Waals surface area contributed by atoms with Crippen LogP contribution in [0.15, 0.2) is 42.5 Å². The van der Waals surface area contributed by atoms with Crippen LogP contribution in [0.3, 0.4) is 0 Å². The quantitative estimate of drug-likeness (QED) is 0.581. The van der Waals surface area contributed by atoms with Crippen LogP contribution >= 0.6 is 11.3 Å². The number of hydrogen-bond acceptors (Lipinski definition) is 4. The van der Waals surface area contributed by atoms with Crippen molar-refractivity contribution in [3.05, 3.63) is 53.8 Å². The van der Waals surface area contributed by atoms with Crippen molar-refractivity contribution in [3.8, 4) is 0 Å². The fraction of sp³-hybridized carbons (Fsp3) is 0.300. The van der Waals surface area contributed by atoms with E-state index >= 15 is 0 Å². The summed E-state index contributed by atoms with van der Waals surface area (Å²) in [7, 11) is 0. The fourth-order valence-electron chi connectivity index (χ4n) is 3.42. The van der Waals surface area contributed by atoms with E-state index in [0.29, 0.717) is 30.2 Å². The first-order valence-corrected chi connectivity index (χ1v) is 9.91. The Kier molecular flexibility index (Phi) is 5.16. The number of carbonyl (C=O) groups is 1. The number of nitrogens with one attached hydrogen (secondary N) is 1. The van der Waals surface area contributed by atoms with E-state index in [1.54, 1.807) is 12.1 Å². The highest BCUT2D eigenvalue weighted by atomic mass is 32.1. The average molecular weight is 423 g/mol. The number of thiazole rings is 1. The largest absolute Gasteiger partial charge is 0.416 e. The minimum absolute atomic E-state index is 0.115. The van der Waals surface area contributed by atoms with Crippen LogP contribution in [0.1, 0.15) is 18.4 Å². The van der Waals surface area contributed by atoms with Gasteiger partial charge in [0.25, 0.3) is 0 Å². The van der Waals surface area contributed by atoms with Gasteiger partial charge >= 0.3 is 6.18 Å². The van der Waals surface area contributed by atoms with Crippen molar-refractivity contribution in [2.45, 2.75) is 19.0 Å². The van der Waals surface area contributed by atoms with E-state index < -0.39 is 17.7 Å². The summed E-state index contributed by atoms with van der Waals surface area (Å²) in [4.78, 5) is 18.9. The lowest BCUT2D eigenvalue weighted by Crippen LogP contribution is -2.40. The molecule has 1 aliphatic heterocycles. The summed E-state index contributed by atoms with van der Waals surface area (Å²) < 4.78 is 53.2. The van der Waals surface area contributed by atoms with Crippen LogP contribution in [0, 0.1) is 11.7 Å². The molecule has 1 fully saturated rings. The number of fused-ring (bicyclic) bond motifs is 1. The predicted molar refractivity (Wildman–Crippen MR) is 105 cm³/mol. The molecule has 2 heterocycles. The van der Waals surface area contributed by atoms with E-state index in [-0.39, 0.29) is 17.4 Å². The third-order valence-corrected chi connectivity index (χ3v) is 5.96. The molecule has 1 aromatic heterocycles. The summed E-state index contributed by atoms with van der Waals surface area (Å²) in [6, 6.07) is 9.36. The summed E-state index contributed by atoms with van der Waals surface area (Å²) in [5.41, 5.74) is -0.385. The van der Waals surface area contributed by atoms with E-state index in [0.717, 1.165) is 23.3 Å². The molecule has 29 heavy (non-hydrogen) atoms. The minimum atomic E-state index is -4.47. The van der Waals surface area contributed by atoms with Gasteiger partial charge < -0.3 is 10.2 Å². The van der Waals surface area contributed by atoms with Crippen LogP contribution < -0.4 is 10.2 Å². The van der Waals surface area contributed by atoms with E-state index in [1.165, 1.54) is 29.5 Å². The van der Waals surface area contributed by atoms with Crippen molar-refractivity contribution < 1.29 is 22.4 Å². The number of nitrogens with zero attached hydrogens (tertiary/aromatic N) is 2. The molecule has 152 valence electrons. The molecule has 4 rings (SSSR count). The second kappa shape index (κ2) is 7.62. The first kappa shape index (κ1) is 19.6. The van der Waals surface area contributed by atoms with Crippen molar-refractivity contribution in [2.24, 2.45) is 5.92 Å². The fourth-order valence-corrected chi connectivity index (χ4v) is 4.44. The smallest absolute Gasteiger partial charge is 0.347 e. The van der Waals surface area contributed by atoms with Crippen LogP contribution in [-0.4, -0.2) is 24.0 Å². The lowest BCUT2D eigenvalue weighted by molar-refractivity contribution is -0.137. The number of anilines is 2. The number of piperidine rings is 1. The molecule has 1 saturated heterocycles. The first-order valence-electron chi connectivity index (χ1n) is 9.09. The van der Waals surface area contributed by atoms with Gasteiger partial charge in [-0.2, -0.15) is 13.2 Å². The van der Waals surface area contributed by atoms with Crippen LogP contribution in [0.25, 0.3) is 10.2 Å². The Morgan fingerprint density at radius 2 is 2.00 bits per heavy atom. The second-order valence-corrected chi connectivity index (χ2v) is 7.95. The van der Waals surface area contributed by atoms with Crippen LogP contribution in [-0.2, 0) is 11.0 Å². The molecular weight excluding hydrogens is 406 g/mol. The number of carbonyl (C=O) groups excluding carboxylic acids is 1. The zero-order chi connectivity index (χ0) is 20.6. The van der Waals surface area contributed by atoms with Crippen molar-refractivity contribution >= 4 is 38.3 Å². The highest BCUT2D eigenvalue weighted by Crippen LogP contribution is 2.33. The normalized spacial score (nSPS) is 17.5. The molecule has 0 saturated carbocycles. The number of alkyl halides is 3.